The van der Waals surface area contributed by atoms with Crippen molar-refractivity contribution in [3.8, 4) is 5.75 Å². The SMILES string of the molecule is Nc1cccc(OCCS(=O)(=O)Cc2ccc(Cl)cc2)c1. The van der Waals surface area contributed by atoms with Crippen LogP contribution in [0, 0.1) is 0 Å². The van der Waals surface area contributed by atoms with E-state index in [1.54, 1.807) is 48.5 Å². The molecule has 0 aromatic heterocycles. The number of hydrogen-bond donors (Lipinski definition) is 1. The van der Waals surface area contributed by atoms with E-state index in [9.17, 15) is 8.42 Å². The van der Waals surface area contributed by atoms with Gasteiger partial charge in [-0.2, -0.15) is 0 Å². The van der Waals surface area contributed by atoms with Gasteiger partial charge in [0.15, 0.2) is 9.84 Å². The van der Waals surface area contributed by atoms with Gasteiger partial charge in [0.25, 0.3) is 0 Å². The highest BCUT2D eigenvalue weighted by molar-refractivity contribution is 7.90. The predicted molar refractivity (Wildman–Crippen MR) is 85.3 cm³/mol. The molecule has 112 valence electrons. The Labute approximate surface area is 129 Å². The normalized spacial score (nSPS) is 11.3. The van der Waals surface area contributed by atoms with Crippen molar-refractivity contribution in [3.05, 3.63) is 59.1 Å². The van der Waals surface area contributed by atoms with Gasteiger partial charge in [0.1, 0.15) is 12.4 Å². The number of nitrogen functional groups attached to an aromatic ring is 1. The second kappa shape index (κ2) is 6.83. The van der Waals surface area contributed by atoms with Gasteiger partial charge in [-0.05, 0) is 29.8 Å². The largest absolute Gasteiger partial charge is 0.492 e. The molecule has 0 spiro atoms. The molecule has 0 fully saturated rings. The summed E-state index contributed by atoms with van der Waals surface area (Å²) in [5.41, 5.74) is 6.91. The van der Waals surface area contributed by atoms with Crippen LogP contribution in [0.5, 0.6) is 5.75 Å². The van der Waals surface area contributed by atoms with Crippen molar-refractivity contribution in [2.24, 2.45) is 0 Å². The molecule has 2 aromatic rings. The average molecular weight is 326 g/mol. The van der Waals surface area contributed by atoms with Gasteiger partial charge in [-0.15, -0.1) is 0 Å². The van der Waals surface area contributed by atoms with E-state index >= 15 is 0 Å². The van der Waals surface area contributed by atoms with E-state index < -0.39 is 9.84 Å². The van der Waals surface area contributed by atoms with E-state index in [1.165, 1.54) is 0 Å². The molecule has 0 aliphatic rings. The Morgan fingerprint density at radius 3 is 2.48 bits per heavy atom. The number of hydrogen-bond acceptors (Lipinski definition) is 4. The minimum Gasteiger partial charge on any atom is -0.492 e. The molecule has 0 unspecified atom stereocenters. The number of rotatable bonds is 6. The van der Waals surface area contributed by atoms with Crippen LogP contribution < -0.4 is 10.5 Å². The number of sulfone groups is 1. The van der Waals surface area contributed by atoms with Gasteiger partial charge >= 0.3 is 0 Å². The molecule has 2 aromatic carbocycles. The Kier molecular flexibility index (Phi) is 5.09. The zero-order chi connectivity index (χ0) is 15.3. The summed E-state index contributed by atoms with van der Waals surface area (Å²) in [6, 6.07) is 13.7. The summed E-state index contributed by atoms with van der Waals surface area (Å²) >= 11 is 5.77. The molecule has 2 N–H and O–H groups in total. The highest BCUT2D eigenvalue weighted by atomic mass is 35.5. The summed E-state index contributed by atoms with van der Waals surface area (Å²) in [6.07, 6.45) is 0. The van der Waals surface area contributed by atoms with Gasteiger partial charge in [0.2, 0.25) is 0 Å². The first kappa shape index (κ1) is 15.7. The molecule has 0 saturated heterocycles. The van der Waals surface area contributed by atoms with E-state index in [-0.39, 0.29) is 18.1 Å². The van der Waals surface area contributed by atoms with Crippen LogP contribution in [0.2, 0.25) is 5.02 Å². The molecule has 2 rings (SSSR count). The maximum absolute atomic E-state index is 12.0. The first-order chi connectivity index (χ1) is 9.94. The van der Waals surface area contributed by atoms with Crippen molar-refractivity contribution < 1.29 is 13.2 Å². The van der Waals surface area contributed by atoms with Gasteiger partial charge in [-0.3, -0.25) is 0 Å². The maximum atomic E-state index is 12.0. The number of halogens is 1. The van der Waals surface area contributed by atoms with Crippen LogP contribution in [0.3, 0.4) is 0 Å². The molecule has 0 aliphatic carbocycles. The van der Waals surface area contributed by atoms with Gasteiger partial charge < -0.3 is 10.5 Å². The summed E-state index contributed by atoms with van der Waals surface area (Å²) in [7, 11) is -3.23. The van der Waals surface area contributed by atoms with E-state index in [2.05, 4.69) is 0 Å². The second-order valence-electron chi connectivity index (χ2n) is 4.64. The Bertz CT molecular complexity index is 699. The topological polar surface area (TPSA) is 69.4 Å². The lowest BCUT2D eigenvalue weighted by molar-refractivity contribution is 0.341. The molecule has 0 atom stereocenters. The van der Waals surface area contributed by atoms with Crippen LogP contribution in [0.4, 0.5) is 5.69 Å². The van der Waals surface area contributed by atoms with Crippen LogP contribution >= 0.6 is 11.6 Å². The summed E-state index contributed by atoms with van der Waals surface area (Å²) in [6.45, 7) is 0.0966. The van der Waals surface area contributed by atoms with Gasteiger partial charge in [-0.25, -0.2) is 8.42 Å². The molecule has 0 saturated carbocycles. The van der Waals surface area contributed by atoms with Gasteiger partial charge in [-0.1, -0.05) is 29.8 Å². The Hall–Kier alpha value is -1.72. The zero-order valence-electron chi connectivity index (χ0n) is 11.3. The molecular formula is C15H16ClNO3S. The van der Waals surface area contributed by atoms with E-state index in [4.69, 9.17) is 22.1 Å². The van der Waals surface area contributed by atoms with Crippen LogP contribution in [-0.2, 0) is 15.6 Å². The molecule has 6 heteroatoms. The smallest absolute Gasteiger partial charge is 0.157 e. The minimum atomic E-state index is -3.23. The summed E-state index contributed by atoms with van der Waals surface area (Å²) < 4.78 is 29.4. The summed E-state index contributed by atoms with van der Waals surface area (Å²) in [5, 5.41) is 0.584. The van der Waals surface area contributed by atoms with Crippen molar-refractivity contribution in [3.63, 3.8) is 0 Å². The lowest BCUT2D eigenvalue weighted by Gasteiger charge is -2.08. The van der Waals surface area contributed by atoms with Gasteiger partial charge in [0, 0.05) is 16.8 Å². The molecular weight excluding hydrogens is 310 g/mol. The van der Waals surface area contributed by atoms with Crippen molar-refractivity contribution in [1.29, 1.82) is 0 Å². The molecule has 0 radical (unpaired) electrons. The van der Waals surface area contributed by atoms with E-state index in [0.717, 1.165) is 0 Å². The summed E-state index contributed by atoms with van der Waals surface area (Å²) in [4.78, 5) is 0. The first-order valence-corrected chi connectivity index (χ1v) is 8.58. The number of nitrogens with two attached hydrogens (primary N) is 1. The minimum absolute atomic E-state index is 0.0234. The quantitative estimate of drug-likeness (QED) is 0.829. The molecule has 0 aliphatic heterocycles. The zero-order valence-corrected chi connectivity index (χ0v) is 12.9. The van der Waals surface area contributed by atoms with Crippen molar-refractivity contribution in [2.75, 3.05) is 18.1 Å². The van der Waals surface area contributed by atoms with Crippen molar-refractivity contribution in [2.45, 2.75) is 5.75 Å². The lowest BCUT2D eigenvalue weighted by atomic mass is 10.2. The fourth-order valence-electron chi connectivity index (χ4n) is 1.80. The lowest BCUT2D eigenvalue weighted by Crippen LogP contribution is -2.16. The van der Waals surface area contributed by atoms with Crippen LogP contribution in [0.1, 0.15) is 5.56 Å². The third kappa shape index (κ3) is 5.28. The molecule has 0 amide bonds. The standard InChI is InChI=1S/C15H16ClNO3S/c16-13-6-4-12(5-7-13)11-21(18,19)9-8-20-15-3-1-2-14(17)10-15/h1-7,10H,8-9,11,17H2. The van der Waals surface area contributed by atoms with Crippen LogP contribution in [0.25, 0.3) is 0 Å². The molecule has 4 nitrogen and oxygen atoms in total. The van der Waals surface area contributed by atoms with Crippen LogP contribution in [0.15, 0.2) is 48.5 Å². The fourth-order valence-corrected chi connectivity index (χ4v) is 3.11. The predicted octanol–water partition coefficient (Wildman–Crippen LogP) is 2.92. The van der Waals surface area contributed by atoms with E-state index in [0.29, 0.717) is 22.0 Å². The Balaban J connectivity index is 1.88. The van der Waals surface area contributed by atoms with Gasteiger partial charge in [0.05, 0.1) is 11.5 Å². The Morgan fingerprint density at radius 1 is 1.10 bits per heavy atom. The fraction of sp³-hybridized carbons (Fsp3) is 0.200. The third-order valence-electron chi connectivity index (χ3n) is 2.82. The van der Waals surface area contributed by atoms with Crippen molar-refractivity contribution in [1.82, 2.24) is 0 Å². The third-order valence-corrected chi connectivity index (χ3v) is 4.63. The average Bonchev–Trinajstić information content (AvgIpc) is 2.41. The highest BCUT2D eigenvalue weighted by Gasteiger charge is 2.12. The number of anilines is 1. The van der Waals surface area contributed by atoms with Crippen molar-refractivity contribution >= 4 is 27.1 Å². The Morgan fingerprint density at radius 2 is 1.81 bits per heavy atom. The molecule has 0 heterocycles. The first-order valence-electron chi connectivity index (χ1n) is 6.38. The highest BCUT2D eigenvalue weighted by Crippen LogP contribution is 2.15. The molecule has 21 heavy (non-hydrogen) atoms. The maximum Gasteiger partial charge on any atom is 0.157 e. The number of ether oxygens (including phenoxy) is 1. The van der Waals surface area contributed by atoms with Crippen LogP contribution in [-0.4, -0.2) is 20.8 Å². The molecule has 0 bridgehead atoms. The second-order valence-corrected chi connectivity index (χ2v) is 7.26. The monoisotopic (exact) mass is 325 g/mol. The van der Waals surface area contributed by atoms with E-state index in [1.807, 2.05) is 0 Å². The number of benzene rings is 2. The summed E-state index contributed by atoms with van der Waals surface area (Å²) in [5.74, 6) is 0.492.